The summed E-state index contributed by atoms with van der Waals surface area (Å²) >= 11 is 0. The van der Waals surface area contributed by atoms with Crippen LogP contribution in [0.25, 0.3) is 11.4 Å². The number of hydrogen-bond donors (Lipinski definition) is 3. The van der Waals surface area contributed by atoms with Crippen LogP contribution in [-0.2, 0) is 19.3 Å². The Hall–Kier alpha value is -2.76. The second kappa shape index (κ2) is 9.95. The van der Waals surface area contributed by atoms with E-state index in [1.54, 1.807) is 45.0 Å². The SMILES string of the molecule is C[C@H]1COCCN1c1cc(C2(S(=O)(=O)C(C)(C)C)CC2)nc(-c2ccc(NC(=O)NCCO)cc2)n1. The average Bonchev–Trinajstić information content (AvgIpc) is 3.65. The van der Waals surface area contributed by atoms with E-state index in [0.29, 0.717) is 61.2 Å². The summed E-state index contributed by atoms with van der Waals surface area (Å²) in [5, 5.41) is 14.1. The second-order valence-corrected chi connectivity index (χ2v) is 13.4. The summed E-state index contributed by atoms with van der Waals surface area (Å²) in [6, 6.07) is 8.58. The number of carbonyl (C=O) groups is 1. The Balaban J connectivity index is 1.73. The first-order valence-electron chi connectivity index (χ1n) is 12.2. The molecule has 1 saturated heterocycles. The highest BCUT2D eigenvalue weighted by Crippen LogP contribution is 2.56. The molecule has 0 bridgehead atoms. The number of aliphatic hydroxyl groups excluding tert-OH is 1. The molecule has 2 fully saturated rings. The number of aliphatic hydroxyl groups is 1. The summed E-state index contributed by atoms with van der Waals surface area (Å²) in [6.45, 7) is 9.07. The van der Waals surface area contributed by atoms with Crippen molar-refractivity contribution in [2.75, 3.05) is 43.1 Å². The monoisotopic (exact) mass is 517 g/mol. The highest BCUT2D eigenvalue weighted by molar-refractivity contribution is 7.94. The predicted molar refractivity (Wildman–Crippen MR) is 139 cm³/mol. The third-order valence-corrected chi connectivity index (χ3v) is 9.92. The molecule has 10 nitrogen and oxygen atoms in total. The number of aromatic nitrogens is 2. The van der Waals surface area contributed by atoms with Crippen LogP contribution in [0.3, 0.4) is 0 Å². The van der Waals surface area contributed by atoms with E-state index in [1.165, 1.54) is 0 Å². The average molecular weight is 518 g/mol. The van der Waals surface area contributed by atoms with E-state index < -0.39 is 25.4 Å². The number of carbonyl (C=O) groups excluding carboxylic acids is 1. The Labute approximate surface area is 212 Å². The number of nitrogens with one attached hydrogen (secondary N) is 2. The molecule has 3 N–H and O–H groups in total. The number of ether oxygens (including phenoxy) is 1. The first kappa shape index (κ1) is 26.3. The quantitative estimate of drug-likeness (QED) is 0.510. The van der Waals surface area contributed by atoms with Gasteiger partial charge in [-0.2, -0.15) is 0 Å². The Morgan fingerprint density at radius 3 is 2.50 bits per heavy atom. The molecule has 11 heteroatoms. The normalized spacial score (nSPS) is 19.6. The molecule has 2 amide bonds. The van der Waals surface area contributed by atoms with Crippen LogP contribution in [0.1, 0.15) is 46.2 Å². The van der Waals surface area contributed by atoms with Gasteiger partial charge in [-0.15, -0.1) is 0 Å². The minimum Gasteiger partial charge on any atom is -0.395 e. The Bertz CT molecular complexity index is 1210. The first-order chi connectivity index (χ1) is 17.0. The highest BCUT2D eigenvalue weighted by atomic mass is 32.2. The van der Waals surface area contributed by atoms with Gasteiger partial charge >= 0.3 is 6.03 Å². The zero-order chi connectivity index (χ0) is 26.1. The van der Waals surface area contributed by atoms with Gasteiger partial charge in [0.1, 0.15) is 10.6 Å². The van der Waals surface area contributed by atoms with Crippen molar-refractivity contribution in [3.8, 4) is 11.4 Å². The van der Waals surface area contributed by atoms with Crippen molar-refractivity contribution in [3.05, 3.63) is 36.0 Å². The van der Waals surface area contributed by atoms with Crippen LogP contribution in [0.4, 0.5) is 16.3 Å². The molecular weight excluding hydrogens is 482 g/mol. The summed E-state index contributed by atoms with van der Waals surface area (Å²) < 4.78 is 30.9. The van der Waals surface area contributed by atoms with Crippen LogP contribution in [-0.4, -0.2) is 73.2 Å². The Morgan fingerprint density at radius 1 is 1.22 bits per heavy atom. The van der Waals surface area contributed by atoms with Crippen LogP contribution in [0.2, 0.25) is 0 Å². The lowest BCUT2D eigenvalue weighted by Crippen LogP contribution is -2.44. The van der Waals surface area contributed by atoms with Gasteiger partial charge < -0.3 is 25.4 Å². The third kappa shape index (κ3) is 5.05. The summed E-state index contributed by atoms with van der Waals surface area (Å²) in [6.07, 6.45) is 1.07. The number of rotatable bonds is 7. The molecule has 0 radical (unpaired) electrons. The second-order valence-electron chi connectivity index (χ2n) is 10.3. The largest absolute Gasteiger partial charge is 0.395 e. The van der Waals surface area contributed by atoms with Crippen molar-refractivity contribution in [2.45, 2.75) is 56.1 Å². The molecule has 0 unspecified atom stereocenters. The minimum absolute atomic E-state index is 0.0905. The molecule has 1 aliphatic carbocycles. The minimum atomic E-state index is -3.51. The molecule has 196 valence electrons. The molecule has 1 aromatic heterocycles. The molecule has 4 rings (SSSR count). The first-order valence-corrected chi connectivity index (χ1v) is 13.7. The van der Waals surface area contributed by atoms with Crippen molar-refractivity contribution in [2.24, 2.45) is 0 Å². The zero-order valence-corrected chi connectivity index (χ0v) is 22.1. The van der Waals surface area contributed by atoms with E-state index in [9.17, 15) is 13.2 Å². The van der Waals surface area contributed by atoms with Crippen LogP contribution in [0.15, 0.2) is 30.3 Å². The number of benzene rings is 1. The number of hydrogen-bond acceptors (Lipinski definition) is 8. The number of anilines is 2. The van der Waals surface area contributed by atoms with Crippen molar-refractivity contribution >= 4 is 27.4 Å². The fourth-order valence-electron chi connectivity index (χ4n) is 4.42. The predicted octanol–water partition coefficient (Wildman–Crippen LogP) is 2.68. The van der Waals surface area contributed by atoms with Gasteiger partial charge in [-0.25, -0.2) is 23.2 Å². The van der Waals surface area contributed by atoms with Gasteiger partial charge in [-0.3, -0.25) is 0 Å². The number of amides is 2. The summed E-state index contributed by atoms with van der Waals surface area (Å²) in [7, 11) is -3.51. The number of urea groups is 1. The van der Waals surface area contributed by atoms with Gasteiger partial charge in [0, 0.05) is 30.4 Å². The lowest BCUT2D eigenvalue weighted by Gasteiger charge is -2.35. The topological polar surface area (TPSA) is 134 Å². The molecule has 2 aromatic rings. The van der Waals surface area contributed by atoms with Gasteiger partial charge in [-0.05, 0) is 64.8 Å². The van der Waals surface area contributed by atoms with Crippen LogP contribution < -0.4 is 15.5 Å². The molecule has 2 heterocycles. The molecule has 1 atom stereocenters. The third-order valence-electron chi connectivity index (χ3n) is 6.66. The van der Waals surface area contributed by atoms with Gasteiger partial charge in [0.25, 0.3) is 0 Å². The van der Waals surface area contributed by atoms with Crippen molar-refractivity contribution in [1.82, 2.24) is 15.3 Å². The van der Waals surface area contributed by atoms with E-state index in [-0.39, 0.29) is 19.2 Å². The lowest BCUT2D eigenvalue weighted by molar-refractivity contribution is 0.0985. The van der Waals surface area contributed by atoms with Gasteiger partial charge in [-0.1, -0.05) is 0 Å². The molecule has 0 spiro atoms. The molecular formula is C25H35N5O5S. The van der Waals surface area contributed by atoms with Gasteiger partial charge in [0.15, 0.2) is 15.7 Å². The summed E-state index contributed by atoms with van der Waals surface area (Å²) in [4.78, 5) is 23.6. The molecule has 2 aliphatic rings. The maximum atomic E-state index is 13.6. The highest BCUT2D eigenvalue weighted by Gasteiger charge is 2.61. The smallest absolute Gasteiger partial charge is 0.319 e. The maximum absolute atomic E-state index is 13.6. The number of morpholine rings is 1. The van der Waals surface area contributed by atoms with Crippen molar-refractivity contribution < 1.29 is 23.1 Å². The van der Waals surface area contributed by atoms with Gasteiger partial charge in [0.05, 0.1) is 36.3 Å². The van der Waals surface area contributed by atoms with Gasteiger partial charge in [0.2, 0.25) is 0 Å². The number of sulfone groups is 1. The number of nitrogens with zero attached hydrogens (tertiary/aromatic N) is 3. The van der Waals surface area contributed by atoms with E-state index >= 15 is 0 Å². The fourth-order valence-corrected chi connectivity index (χ4v) is 6.61. The summed E-state index contributed by atoms with van der Waals surface area (Å²) in [5.41, 5.74) is 1.81. The van der Waals surface area contributed by atoms with Crippen LogP contribution >= 0.6 is 0 Å². The molecule has 36 heavy (non-hydrogen) atoms. The Kier molecular flexibility index (Phi) is 7.27. The van der Waals surface area contributed by atoms with E-state index in [0.717, 1.165) is 0 Å². The lowest BCUT2D eigenvalue weighted by atomic mass is 10.1. The van der Waals surface area contributed by atoms with Crippen LogP contribution in [0, 0.1) is 0 Å². The fraction of sp³-hybridized carbons (Fsp3) is 0.560. The standard InChI is InChI=1S/C25H35N5O5S/c1-17-16-35-14-12-30(17)21-15-20(25(9-10-25)36(33,34)24(2,3)4)28-22(29-21)18-5-7-19(8-6-18)27-23(32)26-11-13-31/h5-8,15,17,31H,9-14,16H2,1-4H3,(H2,26,27,32)/t17-/m0/s1. The summed E-state index contributed by atoms with van der Waals surface area (Å²) in [5.74, 6) is 1.12. The van der Waals surface area contributed by atoms with E-state index in [2.05, 4.69) is 22.5 Å². The van der Waals surface area contributed by atoms with E-state index in [4.69, 9.17) is 19.8 Å². The zero-order valence-electron chi connectivity index (χ0n) is 21.2. The van der Waals surface area contributed by atoms with Crippen LogP contribution in [0.5, 0.6) is 0 Å². The molecule has 1 aromatic carbocycles. The van der Waals surface area contributed by atoms with Crippen molar-refractivity contribution in [3.63, 3.8) is 0 Å². The molecule has 1 saturated carbocycles. The molecule has 1 aliphatic heterocycles. The van der Waals surface area contributed by atoms with Crippen molar-refractivity contribution in [1.29, 1.82) is 0 Å². The maximum Gasteiger partial charge on any atom is 0.319 e. The Morgan fingerprint density at radius 2 is 1.92 bits per heavy atom. The van der Waals surface area contributed by atoms with E-state index in [1.807, 2.05) is 6.07 Å².